The number of nitrogens with zero attached hydrogens (tertiary/aromatic N) is 1. The zero-order valence-corrected chi connectivity index (χ0v) is 10.4. The SMILES string of the molecule is OCc1ccc([C@H](CC(F)(F)F)N2CCNCC2)o1. The van der Waals surface area contributed by atoms with E-state index in [0.29, 0.717) is 26.2 Å². The number of hydrogen-bond acceptors (Lipinski definition) is 4. The monoisotopic (exact) mass is 278 g/mol. The summed E-state index contributed by atoms with van der Waals surface area (Å²) in [7, 11) is 0. The Bertz CT molecular complexity index is 400. The largest absolute Gasteiger partial charge is 0.462 e. The Morgan fingerprint density at radius 1 is 1.32 bits per heavy atom. The molecule has 1 fully saturated rings. The van der Waals surface area contributed by atoms with Crippen molar-refractivity contribution in [2.24, 2.45) is 0 Å². The molecule has 2 rings (SSSR count). The Hall–Kier alpha value is -1.05. The van der Waals surface area contributed by atoms with Crippen molar-refractivity contribution < 1.29 is 22.7 Å². The zero-order chi connectivity index (χ0) is 13.9. The minimum Gasteiger partial charge on any atom is -0.462 e. The first-order valence-electron chi connectivity index (χ1n) is 6.20. The van der Waals surface area contributed by atoms with Crippen LogP contribution in [0.2, 0.25) is 0 Å². The summed E-state index contributed by atoms with van der Waals surface area (Å²) in [5.74, 6) is 0.556. The first-order chi connectivity index (χ1) is 8.99. The molecule has 1 aromatic heterocycles. The maximum atomic E-state index is 12.7. The molecule has 0 bridgehead atoms. The fourth-order valence-electron chi connectivity index (χ4n) is 2.28. The van der Waals surface area contributed by atoms with E-state index in [4.69, 9.17) is 9.52 Å². The van der Waals surface area contributed by atoms with Crippen molar-refractivity contribution >= 4 is 0 Å². The fourth-order valence-corrected chi connectivity index (χ4v) is 2.28. The van der Waals surface area contributed by atoms with Crippen molar-refractivity contribution in [1.29, 1.82) is 0 Å². The molecule has 1 atom stereocenters. The van der Waals surface area contributed by atoms with E-state index in [0.717, 1.165) is 0 Å². The number of nitrogens with one attached hydrogen (secondary N) is 1. The predicted molar refractivity (Wildman–Crippen MR) is 62.5 cm³/mol. The second-order valence-corrected chi connectivity index (χ2v) is 4.58. The molecular formula is C12H17F3N2O2. The third-order valence-electron chi connectivity index (χ3n) is 3.18. The highest BCUT2D eigenvalue weighted by Crippen LogP contribution is 2.34. The van der Waals surface area contributed by atoms with Gasteiger partial charge in [-0.3, -0.25) is 4.90 Å². The van der Waals surface area contributed by atoms with Gasteiger partial charge >= 0.3 is 6.18 Å². The lowest BCUT2D eigenvalue weighted by molar-refractivity contribution is -0.150. The first-order valence-corrected chi connectivity index (χ1v) is 6.20. The Balaban J connectivity index is 2.17. The van der Waals surface area contributed by atoms with Crippen LogP contribution in [0.4, 0.5) is 13.2 Å². The van der Waals surface area contributed by atoms with Gasteiger partial charge < -0.3 is 14.8 Å². The van der Waals surface area contributed by atoms with E-state index in [2.05, 4.69) is 5.32 Å². The van der Waals surface area contributed by atoms with Gasteiger partial charge in [-0.1, -0.05) is 0 Å². The molecule has 2 heterocycles. The summed E-state index contributed by atoms with van der Waals surface area (Å²) in [4.78, 5) is 1.77. The predicted octanol–water partition coefficient (Wildman–Crippen LogP) is 1.67. The Morgan fingerprint density at radius 2 is 2.00 bits per heavy atom. The van der Waals surface area contributed by atoms with E-state index in [1.807, 2.05) is 0 Å². The number of alkyl halides is 3. The Kier molecular flexibility index (Phi) is 4.49. The van der Waals surface area contributed by atoms with Crippen LogP contribution in [0.15, 0.2) is 16.5 Å². The van der Waals surface area contributed by atoms with Crippen LogP contribution in [-0.4, -0.2) is 42.4 Å². The standard InChI is InChI=1S/C12H17F3N2O2/c13-12(14,15)7-10(17-5-3-16-4-6-17)11-2-1-9(8-18)19-11/h1-2,10,16,18H,3-8H2/t10-/m0/s1. The average molecular weight is 278 g/mol. The van der Waals surface area contributed by atoms with Crippen LogP contribution in [0.1, 0.15) is 24.0 Å². The summed E-state index contributed by atoms with van der Waals surface area (Å²) < 4.78 is 43.4. The number of rotatable bonds is 4. The van der Waals surface area contributed by atoms with Crippen LogP contribution in [0.5, 0.6) is 0 Å². The molecule has 19 heavy (non-hydrogen) atoms. The van der Waals surface area contributed by atoms with Gasteiger partial charge in [0.25, 0.3) is 0 Å². The van der Waals surface area contributed by atoms with E-state index in [9.17, 15) is 13.2 Å². The van der Waals surface area contributed by atoms with Gasteiger partial charge in [-0.25, -0.2) is 0 Å². The van der Waals surface area contributed by atoms with Crippen molar-refractivity contribution in [1.82, 2.24) is 10.2 Å². The molecule has 1 aliphatic heterocycles. The van der Waals surface area contributed by atoms with Crippen molar-refractivity contribution in [2.45, 2.75) is 25.2 Å². The van der Waals surface area contributed by atoms with E-state index in [1.165, 1.54) is 12.1 Å². The van der Waals surface area contributed by atoms with Gasteiger partial charge in [-0.05, 0) is 12.1 Å². The van der Waals surface area contributed by atoms with Crippen LogP contribution < -0.4 is 5.32 Å². The molecule has 4 nitrogen and oxygen atoms in total. The minimum atomic E-state index is -4.25. The maximum absolute atomic E-state index is 12.7. The van der Waals surface area contributed by atoms with E-state index < -0.39 is 18.6 Å². The topological polar surface area (TPSA) is 48.6 Å². The molecule has 2 N–H and O–H groups in total. The fraction of sp³-hybridized carbons (Fsp3) is 0.667. The van der Waals surface area contributed by atoms with Gasteiger partial charge in [0.1, 0.15) is 18.1 Å². The second-order valence-electron chi connectivity index (χ2n) is 4.58. The highest BCUT2D eigenvalue weighted by Gasteiger charge is 2.37. The van der Waals surface area contributed by atoms with Crippen molar-refractivity contribution in [3.63, 3.8) is 0 Å². The van der Waals surface area contributed by atoms with Crippen LogP contribution in [0.3, 0.4) is 0 Å². The number of aliphatic hydroxyl groups is 1. The molecule has 1 aliphatic rings. The maximum Gasteiger partial charge on any atom is 0.391 e. The Labute approximate surface area is 109 Å². The summed E-state index contributed by atoms with van der Waals surface area (Å²) in [6.45, 7) is 2.13. The van der Waals surface area contributed by atoms with Gasteiger partial charge in [-0.2, -0.15) is 13.2 Å². The van der Waals surface area contributed by atoms with Crippen LogP contribution in [0.25, 0.3) is 0 Å². The number of furan rings is 1. The van der Waals surface area contributed by atoms with E-state index in [1.54, 1.807) is 4.90 Å². The van der Waals surface area contributed by atoms with Crippen molar-refractivity contribution in [2.75, 3.05) is 26.2 Å². The number of halogens is 3. The molecule has 0 unspecified atom stereocenters. The molecule has 108 valence electrons. The van der Waals surface area contributed by atoms with E-state index in [-0.39, 0.29) is 18.1 Å². The smallest absolute Gasteiger partial charge is 0.391 e. The van der Waals surface area contributed by atoms with E-state index >= 15 is 0 Å². The normalized spacial score (nSPS) is 19.6. The lowest BCUT2D eigenvalue weighted by atomic mass is 10.1. The summed E-state index contributed by atoms with van der Waals surface area (Å²) in [6.07, 6.45) is -5.19. The molecule has 0 aliphatic carbocycles. The van der Waals surface area contributed by atoms with Crippen molar-refractivity contribution in [3.05, 3.63) is 23.7 Å². The molecule has 1 aromatic rings. The molecule has 1 saturated heterocycles. The number of piperazine rings is 1. The zero-order valence-electron chi connectivity index (χ0n) is 10.4. The van der Waals surface area contributed by atoms with Crippen molar-refractivity contribution in [3.8, 4) is 0 Å². The van der Waals surface area contributed by atoms with Crippen LogP contribution in [-0.2, 0) is 6.61 Å². The van der Waals surface area contributed by atoms with Gasteiger partial charge in [0.2, 0.25) is 0 Å². The lowest BCUT2D eigenvalue weighted by Crippen LogP contribution is -2.46. The third-order valence-corrected chi connectivity index (χ3v) is 3.18. The Morgan fingerprint density at radius 3 is 2.53 bits per heavy atom. The quantitative estimate of drug-likeness (QED) is 0.879. The van der Waals surface area contributed by atoms with Gasteiger partial charge in [0.05, 0.1) is 12.5 Å². The third kappa shape index (κ3) is 3.95. The molecule has 7 heteroatoms. The molecule has 0 spiro atoms. The van der Waals surface area contributed by atoms with Gasteiger partial charge in [0.15, 0.2) is 0 Å². The molecule has 0 amide bonds. The molecule has 0 radical (unpaired) electrons. The summed E-state index contributed by atoms with van der Waals surface area (Å²) >= 11 is 0. The second kappa shape index (κ2) is 5.94. The number of hydrogen-bond donors (Lipinski definition) is 2. The lowest BCUT2D eigenvalue weighted by Gasteiger charge is -2.34. The average Bonchev–Trinajstić information content (AvgIpc) is 2.84. The van der Waals surface area contributed by atoms with Crippen LogP contribution >= 0.6 is 0 Å². The summed E-state index contributed by atoms with van der Waals surface area (Å²) in [6, 6.07) is 2.22. The van der Waals surface area contributed by atoms with Gasteiger partial charge in [0, 0.05) is 26.2 Å². The van der Waals surface area contributed by atoms with Crippen LogP contribution in [0, 0.1) is 0 Å². The molecule has 0 saturated carbocycles. The first kappa shape index (κ1) is 14.4. The summed E-state index contributed by atoms with van der Waals surface area (Å²) in [5.41, 5.74) is 0. The summed E-state index contributed by atoms with van der Waals surface area (Å²) in [5, 5.41) is 12.0. The molecular weight excluding hydrogens is 261 g/mol. The number of aliphatic hydroxyl groups excluding tert-OH is 1. The van der Waals surface area contributed by atoms with Gasteiger partial charge in [-0.15, -0.1) is 0 Å². The molecule has 0 aromatic carbocycles. The minimum absolute atomic E-state index is 0.267. The highest BCUT2D eigenvalue weighted by molar-refractivity contribution is 5.11. The highest BCUT2D eigenvalue weighted by atomic mass is 19.4.